The Balaban J connectivity index is 1.91. The van der Waals surface area contributed by atoms with Crippen molar-refractivity contribution in [2.45, 2.75) is 49.6 Å². The van der Waals surface area contributed by atoms with Crippen molar-refractivity contribution in [3.63, 3.8) is 0 Å². The average Bonchev–Trinajstić information content (AvgIpc) is 2.68. The molecule has 0 saturated carbocycles. The molecule has 9 nitrogen and oxygen atoms in total. The molecule has 1 aromatic rings. The minimum Gasteiger partial charge on any atom is -0.495 e. The molecule has 1 aliphatic heterocycles. The van der Waals surface area contributed by atoms with Crippen LogP contribution in [0.3, 0.4) is 0 Å². The van der Waals surface area contributed by atoms with Gasteiger partial charge in [-0.05, 0) is 43.4 Å². The number of hydrogen-bond acceptors (Lipinski definition) is 7. The maximum absolute atomic E-state index is 13.0. The van der Waals surface area contributed by atoms with Crippen LogP contribution < -0.4 is 10.5 Å². The molecule has 3 N–H and O–H groups in total. The molecule has 0 radical (unpaired) electrons. The van der Waals surface area contributed by atoms with Gasteiger partial charge < -0.3 is 20.3 Å². The lowest BCUT2D eigenvalue weighted by Gasteiger charge is -2.31. The minimum atomic E-state index is -3.81. The highest BCUT2D eigenvalue weighted by molar-refractivity contribution is 7.89. The van der Waals surface area contributed by atoms with E-state index in [2.05, 4.69) is 0 Å². The highest BCUT2D eigenvalue weighted by Gasteiger charge is 2.33. The second-order valence-electron chi connectivity index (χ2n) is 7.38. The molecule has 1 fully saturated rings. The van der Waals surface area contributed by atoms with Crippen LogP contribution in [0, 0.1) is 5.92 Å². The third-order valence-electron chi connectivity index (χ3n) is 4.93. The van der Waals surface area contributed by atoms with Crippen molar-refractivity contribution in [2.24, 2.45) is 11.7 Å². The number of sulfonamides is 1. The van der Waals surface area contributed by atoms with E-state index in [0.29, 0.717) is 12.8 Å². The van der Waals surface area contributed by atoms with Gasteiger partial charge in [-0.1, -0.05) is 18.5 Å². The topological polar surface area (TPSA) is 136 Å². The van der Waals surface area contributed by atoms with Gasteiger partial charge in [0.15, 0.2) is 0 Å². The quantitative estimate of drug-likeness (QED) is 0.530. The fourth-order valence-electron chi connectivity index (χ4n) is 3.32. The highest BCUT2D eigenvalue weighted by Crippen LogP contribution is 2.31. The summed E-state index contributed by atoms with van der Waals surface area (Å²) < 4.78 is 37.9. The first-order valence-corrected chi connectivity index (χ1v) is 11.4. The Hall–Kier alpha value is -1.88. The third-order valence-corrected chi connectivity index (χ3v) is 7.09. The van der Waals surface area contributed by atoms with Gasteiger partial charge >= 0.3 is 11.9 Å². The predicted octanol–water partition coefficient (Wildman–Crippen LogP) is 1.87. The van der Waals surface area contributed by atoms with E-state index >= 15 is 0 Å². The lowest BCUT2D eigenvalue weighted by Crippen LogP contribution is -2.41. The van der Waals surface area contributed by atoms with Crippen molar-refractivity contribution in [1.82, 2.24) is 4.31 Å². The summed E-state index contributed by atoms with van der Waals surface area (Å²) in [5.74, 6) is -1.58. The molecular formula is C19H27ClN2O7S. The van der Waals surface area contributed by atoms with Gasteiger partial charge in [-0.15, -0.1) is 0 Å². The number of ether oxygens (including phenoxy) is 2. The lowest BCUT2D eigenvalue weighted by molar-refractivity contribution is -0.152. The van der Waals surface area contributed by atoms with Gasteiger partial charge in [0.05, 0.1) is 7.11 Å². The fraction of sp³-hybridized carbons (Fsp3) is 0.579. The predicted molar refractivity (Wildman–Crippen MR) is 110 cm³/mol. The Bertz CT molecular complexity index is 870. The molecule has 1 heterocycles. The smallest absolute Gasteiger partial charge is 0.320 e. The van der Waals surface area contributed by atoms with Gasteiger partial charge in [-0.2, -0.15) is 4.31 Å². The van der Waals surface area contributed by atoms with Gasteiger partial charge in [-0.25, -0.2) is 8.42 Å². The van der Waals surface area contributed by atoms with Crippen molar-refractivity contribution in [3.05, 3.63) is 23.2 Å². The maximum atomic E-state index is 13.0. The molecule has 2 atom stereocenters. The molecule has 1 aliphatic rings. The first-order valence-electron chi connectivity index (χ1n) is 9.56. The van der Waals surface area contributed by atoms with E-state index in [0.717, 1.165) is 0 Å². The van der Waals surface area contributed by atoms with Gasteiger partial charge in [0.1, 0.15) is 22.8 Å². The molecule has 2 rings (SSSR count). The number of carboxylic acids is 1. The van der Waals surface area contributed by atoms with Gasteiger partial charge in [0, 0.05) is 24.5 Å². The first kappa shape index (κ1) is 24.4. The van der Waals surface area contributed by atoms with Crippen LogP contribution in [0.1, 0.15) is 32.6 Å². The van der Waals surface area contributed by atoms with E-state index in [9.17, 15) is 18.0 Å². The van der Waals surface area contributed by atoms with Crippen LogP contribution in [0.5, 0.6) is 5.75 Å². The number of halogens is 1. The molecule has 1 unspecified atom stereocenters. The van der Waals surface area contributed by atoms with Crippen LogP contribution >= 0.6 is 11.6 Å². The zero-order valence-electron chi connectivity index (χ0n) is 16.9. The van der Waals surface area contributed by atoms with Crippen LogP contribution in [-0.2, 0) is 24.3 Å². The van der Waals surface area contributed by atoms with E-state index in [-0.39, 0.29) is 47.5 Å². The Morgan fingerprint density at radius 1 is 1.33 bits per heavy atom. The molecule has 1 aromatic carbocycles. The van der Waals surface area contributed by atoms with Crippen molar-refractivity contribution in [2.75, 3.05) is 20.2 Å². The van der Waals surface area contributed by atoms with Crippen LogP contribution in [0.25, 0.3) is 0 Å². The Morgan fingerprint density at radius 2 is 1.97 bits per heavy atom. The number of carbonyl (C=O) groups is 2. The summed E-state index contributed by atoms with van der Waals surface area (Å²) >= 11 is 5.95. The summed E-state index contributed by atoms with van der Waals surface area (Å²) in [4.78, 5) is 22.9. The maximum Gasteiger partial charge on any atom is 0.320 e. The number of aliphatic carboxylic acids is 1. The number of hydrogen-bond donors (Lipinski definition) is 2. The third kappa shape index (κ3) is 6.31. The number of nitrogens with zero attached hydrogens (tertiary/aromatic N) is 1. The summed E-state index contributed by atoms with van der Waals surface area (Å²) in [6, 6.07) is 3.38. The number of carbonyl (C=O) groups excluding carboxylic acids is 1. The van der Waals surface area contributed by atoms with E-state index in [1.807, 2.05) is 0 Å². The fourth-order valence-corrected chi connectivity index (χ4v) is 5.21. The highest BCUT2D eigenvalue weighted by atomic mass is 35.5. The number of nitrogens with two attached hydrogens (primary N) is 1. The van der Waals surface area contributed by atoms with Crippen LogP contribution in [0.2, 0.25) is 5.02 Å². The number of piperidine rings is 1. The zero-order valence-corrected chi connectivity index (χ0v) is 18.5. The SMILES string of the molecule is COc1ccc(Cl)cc1S(=O)(=O)N1CCC(OC(=O)CC(C)C[C@H](N)C(=O)O)CC1. The average molecular weight is 463 g/mol. The van der Waals surface area contributed by atoms with Crippen LogP contribution in [0.4, 0.5) is 0 Å². The van der Waals surface area contributed by atoms with E-state index < -0.39 is 34.1 Å². The van der Waals surface area contributed by atoms with E-state index in [1.54, 1.807) is 13.0 Å². The lowest BCUT2D eigenvalue weighted by atomic mass is 9.99. The van der Waals surface area contributed by atoms with Crippen LogP contribution in [0.15, 0.2) is 23.1 Å². The Kier molecular flexibility index (Phi) is 8.48. The van der Waals surface area contributed by atoms with Crippen LogP contribution in [-0.4, -0.2) is 62.1 Å². The largest absolute Gasteiger partial charge is 0.495 e. The molecule has 168 valence electrons. The summed E-state index contributed by atoms with van der Waals surface area (Å²) in [5.41, 5.74) is 5.48. The van der Waals surface area contributed by atoms with Gasteiger partial charge in [-0.3, -0.25) is 9.59 Å². The second-order valence-corrected chi connectivity index (χ2v) is 9.72. The normalized spacial score (nSPS) is 17.9. The molecular weight excluding hydrogens is 436 g/mol. The van der Waals surface area contributed by atoms with Crippen molar-refractivity contribution >= 4 is 33.6 Å². The Morgan fingerprint density at radius 3 is 2.53 bits per heavy atom. The number of benzene rings is 1. The summed E-state index contributed by atoms with van der Waals surface area (Å²) in [5, 5.41) is 9.12. The summed E-state index contributed by atoms with van der Waals surface area (Å²) in [6.45, 7) is 2.11. The van der Waals surface area contributed by atoms with E-state index in [4.69, 9.17) is 31.9 Å². The number of carboxylic acid groups (broad SMARTS) is 1. The zero-order chi connectivity index (χ0) is 22.5. The first-order chi connectivity index (χ1) is 14.0. The molecule has 1 saturated heterocycles. The molecule has 30 heavy (non-hydrogen) atoms. The molecule has 0 spiro atoms. The van der Waals surface area contributed by atoms with Crippen molar-refractivity contribution in [1.29, 1.82) is 0 Å². The monoisotopic (exact) mass is 462 g/mol. The molecule has 0 bridgehead atoms. The summed E-state index contributed by atoms with van der Waals surface area (Å²) in [7, 11) is -2.42. The number of methoxy groups -OCH3 is 1. The minimum absolute atomic E-state index is 0.00320. The number of esters is 1. The van der Waals surface area contributed by atoms with Crippen molar-refractivity contribution in [3.8, 4) is 5.75 Å². The number of rotatable bonds is 9. The molecule has 0 amide bonds. The van der Waals surface area contributed by atoms with Gasteiger partial charge in [0.25, 0.3) is 0 Å². The Labute approximate surface area is 181 Å². The molecule has 11 heteroatoms. The van der Waals surface area contributed by atoms with Gasteiger partial charge in [0.2, 0.25) is 10.0 Å². The molecule has 0 aliphatic carbocycles. The standard InChI is InChI=1S/C19H27ClN2O7S/c1-12(9-15(21)19(24)25)10-18(23)29-14-5-7-22(8-6-14)30(26,27)17-11-13(20)3-4-16(17)28-2/h3-4,11-12,14-15H,5-10,21H2,1-2H3,(H,24,25)/t12?,15-/m0/s1. The summed E-state index contributed by atoms with van der Waals surface area (Å²) in [6.07, 6.45) is 0.542. The molecule has 0 aromatic heterocycles. The van der Waals surface area contributed by atoms with E-state index in [1.165, 1.54) is 23.5 Å². The second kappa shape index (κ2) is 10.4. The van der Waals surface area contributed by atoms with Crippen molar-refractivity contribution < 1.29 is 32.6 Å².